The molecule has 8 nitrogen and oxygen atoms in total. The third kappa shape index (κ3) is 4.79. The zero-order chi connectivity index (χ0) is 22.7. The van der Waals surface area contributed by atoms with Gasteiger partial charge in [-0.3, -0.25) is 14.4 Å². The maximum atomic E-state index is 14.5. The van der Waals surface area contributed by atoms with Gasteiger partial charge in [-0.15, -0.1) is 0 Å². The van der Waals surface area contributed by atoms with Gasteiger partial charge in [0, 0.05) is 31.3 Å². The molecular formula is C20H22ClFN2O6. The Kier molecular flexibility index (Phi) is 7.20. The minimum absolute atomic E-state index is 0.0887. The lowest BCUT2D eigenvalue weighted by atomic mass is 10.0. The van der Waals surface area contributed by atoms with Gasteiger partial charge in [0.05, 0.1) is 23.7 Å². The van der Waals surface area contributed by atoms with Gasteiger partial charge < -0.3 is 14.0 Å². The SMILES string of the molecule is COC(=O)C(C)CC(=O)C(C)Oc1cc(-n2c(=O)cc(C)n(C)c2=O)c(F)cc1Cl. The molecule has 0 bridgehead atoms. The van der Waals surface area contributed by atoms with Gasteiger partial charge in [0.2, 0.25) is 0 Å². The molecule has 1 heterocycles. The number of nitrogens with zero attached hydrogens (tertiary/aromatic N) is 2. The summed E-state index contributed by atoms with van der Waals surface area (Å²) in [5, 5.41) is -0.145. The Balaban J connectivity index is 2.40. The second-order valence-electron chi connectivity index (χ2n) is 6.89. The number of benzene rings is 1. The van der Waals surface area contributed by atoms with Crippen molar-refractivity contribution >= 4 is 23.4 Å². The highest BCUT2D eigenvalue weighted by Crippen LogP contribution is 2.30. The number of ketones is 1. The topological polar surface area (TPSA) is 96.6 Å². The van der Waals surface area contributed by atoms with Crippen LogP contribution in [0.3, 0.4) is 0 Å². The maximum Gasteiger partial charge on any atom is 0.335 e. The molecule has 2 rings (SSSR count). The van der Waals surface area contributed by atoms with Crippen LogP contribution in [0.25, 0.3) is 5.69 Å². The fourth-order valence-electron chi connectivity index (χ4n) is 2.75. The van der Waals surface area contributed by atoms with E-state index in [1.165, 1.54) is 31.7 Å². The number of ether oxygens (including phenoxy) is 2. The van der Waals surface area contributed by atoms with Crippen molar-refractivity contribution in [3.05, 3.63) is 55.6 Å². The van der Waals surface area contributed by atoms with E-state index in [1.54, 1.807) is 13.8 Å². The van der Waals surface area contributed by atoms with Crippen molar-refractivity contribution in [3.63, 3.8) is 0 Å². The summed E-state index contributed by atoms with van der Waals surface area (Å²) in [5.41, 5.74) is -1.42. The number of halogens is 2. The smallest absolute Gasteiger partial charge is 0.335 e. The number of carbonyl (C=O) groups is 2. The van der Waals surface area contributed by atoms with Crippen LogP contribution in [0.1, 0.15) is 26.0 Å². The highest BCUT2D eigenvalue weighted by molar-refractivity contribution is 6.32. The normalized spacial score (nSPS) is 12.9. The molecule has 2 unspecified atom stereocenters. The molecule has 0 amide bonds. The summed E-state index contributed by atoms with van der Waals surface area (Å²) in [6.07, 6.45) is -1.15. The second-order valence-corrected chi connectivity index (χ2v) is 7.30. The molecule has 0 aliphatic heterocycles. The zero-order valence-corrected chi connectivity index (χ0v) is 17.9. The standard InChI is InChI=1S/C20H22ClFN2O6/c1-10(19(27)29-5)6-16(25)12(3)30-17-9-15(14(22)8-13(17)21)24-18(26)7-11(2)23(4)20(24)28/h7-10,12H,6H2,1-5H3. The minimum atomic E-state index is -1.02. The third-order valence-electron chi connectivity index (χ3n) is 4.67. The fourth-order valence-corrected chi connectivity index (χ4v) is 2.94. The van der Waals surface area contributed by atoms with Gasteiger partial charge >= 0.3 is 11.7 Å². The van der Waals surface area contributed by atoms with Gasteiger partial charge in [-0.1, -0.05) is 18.5 Å². The van der Waals surface area contributed by atoms with E-state index in [0.29, 0.717) is 10.3 Å². The van der Waals surface area contributed by atoms with Crippen molar-refractivity contribution in [3.8, 4) is 11.4 Å². The molecule has 0 fully saturated rings. The van der Waals surface area contributed by atoms with Crippen LogP contribution < -0.4 is 16.0 Å². The van der Waals surface area contributed by atoms with Crippen LogP contribution in [-0.2, 0) is 21.4 Å². The molecule has 0 N–H and O–H groups in total. The number of hydrogen-bond donors (Lipinski definition) is 0. The van der Waals surface area contributed by atoms with Gasteiger partial charge in [0.25, 0.3) is 5.56 Å². The number of Topliss-reactive ketones (excluding diaryl/α,β-unsaturated/α-hetero) is 1. The van der Waals surface area contributed by atoms with Crippen LogP contribution in [0.15, 0.2) is 27.8 Å². The molecule has 0 aliphatic carbocycles. The van der Waals surface area contributed by atoms with Gasteiger partial charge in [-0.2, -0.15) is 0 Å². The predicted molar refractivity (Wildman–Crippen MR) is 108 cm³/mol. The zero-order valence-electron chi connectivity index (χ0n) is 17.2. The van der Waals surface area contributed by atoms with Gasteiger partial charge in [0.15, 0.2) is 11.9 Å². The molecule has 0 saturated heterocycles. The van der Waals surface area contributed by atoms with E-state index < -0.39 is 40.8 Å². The maximum absolute atomic E-state index is 14.5. The van der Waals surface area contributed by atoms with Crippen molar-refractivity contribution in [1.29, 1.82) is 0 Å². The molecule has 30 heavy (non-hydrogen) atoms. The lowest BCUT2D eigenvalue weighted by Gasteiger charge is -2.18. The number of esters is 1. The number of hydrogen-bond acceptors (Lipinski definition) is 6. The summed E-state index contributed by atoms with van der Waals surface area (Å²) in [6.45, 7) is 4.56. The molecular weight excluding hydrogens is 419 g/mol. The second kappa shape index (κ2) is 9.25. The largest absolute Gasteiger partial charge is 0.481 e. The summed E-state index contributed by atoms with van der Waals surface area (Å²) >= 11 is 6.03. The molecule has 162 valence electrons. The Bertz CT molecular complexity index is 1110. The van der Waals surface area contributed by atoms with Crippen LogP contribution in [-0.4, -0.2) is 34.1 Å². The van der Waals surface area contributed by atoms with Crippen molar-refractivity contribution < 1.29 is 23.5 Å². The Morgan fingerprint density at radius 1 is 1.20 bits per heavy atom. The average molecular weight is 441 g/mol. The molecule has 2 atom stereocenters. The number of methoxy groups -OCH3 is 1. The Labute approximate surface area is 176 Å². The fraction of sp³-hybridized carbons (Fsp3) is 0.400. The lowest BCUT2D eigenvalue weighted by molar-refractivity contribution is -0.147. The number of rotatable bonds is 7. The van der Waals surface area contributed by atoms with Crippen LogP contribution in [0, 0.1) is 18.7 Å². The Hall–Kier alpha value is -2.94. The molecule has 1 aromatic carbocycles. The lowest BCUT2D eigenvalue weighted by Crippen LogP contribution is -2.38. The summed E-state index contributed by atoms with van der Waals surface area (Å²) in [4.78, 5) is 48.6. The van der Waals surface area contributed by atoms with Gasteiger partial charge in [-0.05, 0) is 19.9 Å². The first-order valence-electron chi connectivity index (χ1n) is 9.04. The molecule has 0 spiro atoms. The van der Waals surface area contributed by atoms with Crippen molar-refractivity contribution in [2.24, 2.45) is 13.0 Å². The van der Waals surface area contributed by atoms with Crippen molar-refractivity contribution in [2.45, 2.75) is 33.3 Å². The molecule has 0 radical (unpaired) electrons. The summed E-state index contributed by atoms with van der Waals surface area (Å²) in [7, 11) is 2.67. The van der Waals surface area contributed by atoms with E-state index in [1.807, 2.05) is 0 Å². The minimum Gasteiger partial charge on any atom is -0.481 e. The van der Waals surface area contributed by atoms with E-state index in [0.717, 1.165) is 12.1 Å². The summed E-state index contributed by atoms with van der Waals surface area (Å²) in [5.74, 6) is -2.60. The van der Waals surface area contributed by atoms with E-state index >= 15 is 0 Å². The van der Waals surface area contributed by atoms with Gasteiger partial charge in [0.1, 0.15) is 11.6 Å². The van der Waals surface area contributed by atoms with Crippen molar-refractivity contribution in [2.75, 3.05) is 7.11 Å². The quantitative estimate of drug-likeness (QED) is 0.612. The van der Waals surface area contributed by atoms with Gasteiger partial charge in [-0.25, -0.2) is 13.8 Å². The van der Waals surface area contributed by atoms with Crippen LogP contribution in [0.4, 0.5) is 4.39 Å². The number of carbonyl (C=O) groups excluding carboxylic acids is 2. The number of aromatic nitrogens is 2. The summed E-state index contributed by atoms with van der Waals surface area (Å²) in [6, 6.07) is 3.17. The highest BCUT2D eigenvalue weighted by Gasteiger charge is 2.24. The van der Waals surface area contributed by atoms with Crippen LogP contribution in [0.2, 0.25) is 5.02 Å². The first-order chi connectivity index (χ1) is 14.0. The summed E-state index contributed by atoms with van der Waals surface area (Å²) < 4.78 is 26.5. The van der Waals surface area contributed by atoms with Crippen molar-refractivity contribution in [1.82, 2.24) is 9.13 Å². The molecule has 10 heteroatoms. The van der Waals surface area contributed by atoms with E-state index in [9.17, 15) is 23.6 Å². The first kappa shape index (κ1) is 23.3. The molecule has 0 saturated carbocycles. The number of aryl methyl sites for hydroxylation is 1. The van der Waals surface area contributed by atoms with E-state index in [-0.39, 0.29) is 22.9 Å². The molecule has 2 aromatic rings. The van der Waals surface area contributed by atoms with Crippen LogP contribution in [0.5, 0.6) is 5.75 Å². The van der Waals surface area contributed by atoms with Crippen LogP contribution >= 0.6 is 11.6 Å². The first-order valence-corrected chi connectivity index (χ1v) is 9.42. The van der Waals surface area contributed by atoms with E-state index in [2.05, 4.69) is 4.74 Å². The third-order valence-corrected chi connectivity index (χ3v) is 4.97. The monoisotopic (exact) mass is 440 g/mol. The highest BCUT2D eigenvalue weighted by atomic mass is 35.5. The molecule has 0 aliphatic rings. The average Bonchev–Trinajstić information content (AvgIpc) is 2.68. The Morgan fingerprint density at radius 3 is 2.43 bits per heavy atom. The predicted octanol–water partition coefficient (Wildman–Crippen LogP) is 2.17. The Morgan fingerprint density at radius 2 is 1.83 bits per heavy atom. The van der Waals surface area contributed by atoms with E-state index in [4.69, 9.17) is 16.3 Å². The molecule has 1 aromatic heterocycles.